The molecule has 0 saturated carbocycles. The molecule has 0 saturated heterocycles. The van der Waals surface area contributed by atoms with E-state index in [4.69, 9.17) is 10.5 Å². The molecule has 1 atom stereocenters. The van der Waals surface area contributed by atoms with Crippen LogP contribution in [0.4, 0.5) is 0 Å². The van der Waals surface area contributed by atoms with Gasteiger partial charge in [-0.2, -0.15) is 5.10 Å². The van der Waals surface area contributed by atoms with E-state index in [1.807, 2.05) is 16.8 Å². The van der Waals surface area contributed by atoms with Gasteiger partial charge in [0.1, 0.15) is 18.7 Å². The number of rotatable bonds is 8. The van der Waals surface area contributed by atoms with E-state index in [-0.39, 0.29) is 6.04 Å². The second-order valence-electron chi connectivity index (χ2n) is 5.21. The highest BCUT2D eigenvalue weighted by Gasteiger charge is 2.06. The molecule has 0 aliphatic carbocycles. The zero-order valence-electron chi connectivity index (χ0n) is 12.8. The summed E-state index contributed by atoms with van der Waals surface area (Å²) in [5.74, 6) is 1.70. The molecule has 1 aromatic heterocycles. The first-order valence-corrected chi connectivity index (χ1v) is 7.57. The standard InChI is InChI=1S/C16H24N4O/c1-3-8-20-16(18-12-19-20)11-21-15-7-5-6-13(10-15)9-14(17)4-2/h5-7,10,12,14H,3-4,8-9,11,17H2,1-2H3. The first-order valence-electron chi connectivity index (χ1n) is 7.57. The average Bonchev–Trinajstić information content (AvgIpc) is 2.93. The third-order valence-corrected chi connectivity index (χ3v) is 3.42. The fourth-order valence-corrected chi connectivity index (χ4v) is 2.16. The molecule has 0 aliphatic heterocycles. The number of nitrogens with zero attached hydrogens (tertiary/aromatic N) is 3. The number of hydrogen-bond acceptors (Lipinski definition) is 4. The summed E-state index contributed by atoms with van der Waals surface area (Å²) in [5.41, 5.74) is 7.20. The highest BCUT2D eigenvalue weighted by atomic mass is 16.5. The van der Waals surface area contributed by atoms with E-state index < -0.39 is 0 Å². The number of nitrogens with two attached hydrogens (primary N) is 1. The Balaban J connectivity index is 1.96. The van der Waals surface area contributed by atoms with Crippen molar-refractivity contribution in [3.8, 4) is 5.75 Å². The minimum atomic E-state index is 0.202. The van der Waals surface area contributed by atoms with Gasteiger partial charge in [-0.25, -0.2) is 9.67 Å². The molecular formula is C16H24N4O. The Morgan fingerprint density at radius 1 is 1.33 bits per heavy atom. The molecule has 2 N–H and O–H groups in total. The predicted molar refractivity (Wildman–Crippen MR) is 83.1 cm³/mol. The normalized spacial score (nSPS) is 12.3. The molecule has 114 valence electrons. The Kier molecular flexibility index (Phi) is 5.75. The molecule has 2 rings (SSSR count). The quantitative estimate of drug-likeness (QED) is 0.810. The van der Waals surface area contributed by atoms with Crippen LogP contribution in [0.5, 0.6) is 5.75 Å². The first kappa shape index (κ1) is 15.5. The van der Waals surface area contributed by atoms with Crippen molar-refractivity contribution < 1.29 is 4.74 Å². The molecule has 1 unspecified atom stereocenters. The zero-order valence-corrected chi connectivity index (χ0v) is 12.8. The summed E-state index contributed by atoms with van der Waals surface area (Å²) in [6.45, 7) is 5.52. The van der Waals surface area contributed by atoms with Crippen molar-refractivity contribution in [1.29, 1.82) is 0 Å². The minimum Gasteiger partial charge on any atom is -0.486 e. The van der Waals surface area contributed by atoms with E-state index in [2.05, 4.69) is 36.1 Å². The smallest absolute Gasteiger partial charge is 0.164 e. The van der Waals surface area contributed by atoms with Crippen molar-refractivity contribution in [2.45, 2.75) is 52.3 Å². The summed E-state index contributed by atoms with van der Waals surface area (Å²) in [4.78, 5) is 4.24. The van der Waals surface area contributed by atoms with E-state index in [1.165, 1.54) is 5.56 Å². The van der Waals surface area contributed by atoms with Crippen LogP contribution in [0, 0.1) is 0 Å². The second kappa shape index (κ2) is 7.78. The van der Waals surface area contributed by atoms with E-state index in [0.29, 0.717) is 6.61 Å². The lowest BCUT2D eigenvalue weighted by atomic mass is 10.0. The SMILES string of the molecule is CCCn1ncnc1COc1cccc(CC(N)CC)c1. The van der Waals surface area contributed by atoms with Crippen LogP contribution >= 0.6 is 0 Å². The molecule has 0 fully saturated rings. The fraction of sp³-hybridized carbons (Fsp3) is 0.500. The van der Waals surface area contributed by atoms with Gasteiger partial charge in [0.2, 0.25) is 0 Å². The molecule has 1 heterocycles. The summed E-state index contributed by atoms with van der Waals surface area (Å²) in [7, 11) is 0. The topological polar surface area (TPSA) is 66.0 Å². The number of benzene rings is 1. The molecule has 0 aliphatic rings. The van der Waals surface area contributed by atoms with Crippen LogP contribution < -0.4 is 10.5 Å². The van der Waals surface area contributed by atoms with Gasteiger partial charge >= 0.3 is 0 Å². The number of hydrogen-bond donors (Lipinski definition) is 1. The lowest BCUT2D eigenvalue weighted by Crippen LogP contribution is -2.21. The van der Waals surface area contributed by atoms with Gasteiger partial charge in [0, 0.05) is 12.6 Å². The van der Waals surface area contributed by atoms with Crippen LogP contribution in [0.15, 0.2) is 30.6 Å². The molecule has 0 bridgehead atoms. The van der Waals surface area contributed by atoms with Gasteiger partial charge in [0.05, 0.1) is 0 Å². The van der Waals surface area contributed by atoms with Gasteiger partial charge in [0.15, 0.2) is 5.82 Å². The van der Waals surface area contributed by atoms with E-state index >= 15 is 0 Å². The third kappa shape index (κ3) is 4.56. The van der Waals surface area contributed by atoms with Crippen LogP contribution in [-0.2, 0) is 19.6 Å². The summed E-state index contributed by atoms with van der Waals surface area (Å²) in [6, 6.07) is 8.30. The molecule has 5 nitrogen and oxygen atoms in total. The van der Waals surface area contributed by atoms with Crippen molar-refractivity contribution in [3.63, 3.8) is 0 Å². The van der Waals surface area contributed by atoms with Gasteiger partial charge < -0.3 is 10.5 Å². The van der Waals surface area contributed by atoms with E-state index in [1.54, 1.807) is 6.33 Å². The first-order chi connectivity index (χ1) is 10.2. The molecule has 1 aromatic carbocycles. The lowest BCUT2D eigenvalue weighted by molar-refractivity contribution is 0.286. The molecule has 5 heteroatoms. The maximum Gasteiger partial charge on any atom is 0.164 e. The highest BCUT2D eigenvalue weighted by Crippen LogP contribution is 2.16. The van der Waals surface area contributed by atoms with Gasteiger partial charge in [-0.1, -0.05) is 26.0 Å². The summed E-state index contributed by atoms with van der Waals surface area (Å²) < 4.78 is 7.71. The third-order valence-electron chi connectivity index (χ3n) is 3.42. The van der Waals surface area contributed by atoms with Gasteiger partial charge in [-0.15, -0.1) is 0 Å². The van der Waals surface area contributed by atoms with Gasteiger partial charge in [-0.05, 0) is 37.0 Å². The predicted octanol–water partition coefficient (Wildman–Crippen LogP) is 2.55. The van der Waals surface area contributed by atoms with Crippen LogP contribution in [0.25, 0.3) is 0 Å². The average molecular weight is 288 g/mol. The summed E-state index contributed by atoms with van der Waals surface area (Å²) >= 11 is 0. The van der Waals surface area contributed by atoms with Crippen molar-refractivity contribution in [2.75, 3.05) is 0 Å². The molecule has 21 heavy (non-hydrogen) atoms. The monoisotopic (exact) mass is 288 g/mol. The second-order valence-corrected chi connectivity index (χ2v) is 5.21. The Morgan fingerprint density at radius 2 is 2.19 bits per heavy atom. The minimum absolute atomic E-state index is 0.202. The van der Waals surface area contributed by atoms with Crippen LogP contribution in [0.2, 0.25) is 0 Å². The number of aryl methyl sites for hydroxylation is 1. The summed E-state index contributed by atoms with van der Waals surface area (Å²) in [6.07, 6.45) is 4.46. The van der Waals surface area contributed by atoms with Crippen LogP contribution in [-0.4, -0.2) is 20.8 Å². The number of ether oxygens (including phenoxy) is 1. The van der Waals surface area contributed by atoms with Crippen molar-refractivity contribution >= 4 is 0 Å². The van der Waals surface area contributed by atoms with Gasteiger partial charge in [0.25, 0.3) is 0 Å². The molecule has 0 amide bonds. The van der Waals surface area contributed by atoms with E-state index in [9.17, 15) is 0 Å². The Morgan fingerprint density at radius 3 is 2.95 bits per heavy atom. The Hall–Kier alpha value is -1.88. The van der Waals surface area contributed by atoms with E-state index in [0.717, 1.165) is 37.4 Å². The Bertz CT molecular complexity index is 553. The summed E-state index contributed by atoms with van der Waals surface area (Å²) in [5, 5.41) is 4.20. The lowest BCUT2D eigenvalue weighted by Gasteiger charge is -2.11. The van der Waals surface area contributed by atoms with Crippen LogP contribution in [0.3, 0.4) is 0 Å². The van der Waals surface area contributed by atoms with Crippen molar-refractivity contribution in [2.24, 2.45) is 5.73 Å². The Labute approximate surface area is 126 Å². The maximum absolute atomic E-state index is 6.00. The molecular weight excluding hydrogens is 264 g/mol. The highest BCUT2D eigenvalue weighted by molar-refractivity contribution is 5.29. The molecule has 0 spiro atoms. The fourth-order valence-electron chi connectivity index (χ4n) is 2.16. The maximum atomic E-state index is 6.00. The largest absolute Gasteiger partial charge is 0.486 e. The molecule has 2 aromatic rings. The number of aromatic nitrogens is 3. The molecule has 0 radical (unpaired) electrons. The van der Waals surface area contributed by atoms with Crippen molar-refractivity contribution in [3.05, 3.63) is 42.0 Å². The van der Waals surface area contributed by atoms with Crippen LogP contribution in [0.1, 0.15) is 38.1 Å². The zero-order chi connectivity index (χ0) is 15.1. The van der Waals surface area contributed by atoms with Gasteiger partial charge in [-0.3, -0.25) is 0 Å². The van der Waals surface area contributed by atoms with Crippen molar-refractivity contribution in [1.82, 2.24) is 14.8 Å².